The van der Waals surface area contributed by atoms with Gasteiger partial charge in [0.1, 0.15) is 0 Å². The van der Waals surface area contributed by atoms with Gasteiger partial charge in [0.15, 0.2) is 0 Å². The van der Waals surface area contributed by atoms with Crippen LogP contribution in [0.1, 0.15) is 0 Å². The molecule has 11 heavy (non-hydrogen) atoms. The molecule has 0 aliphatic rings. The van der Waals surface area contributed by atoms with Gasteiger partial charge in [-0.1, -0.05) is 0 Å². The van der Waals surface area contributed by atoms with Gasteiger partial charge in [-0.25, -0.2) is 0 Å². The van der Waals surface area contributed by atoms with Crippen molar-refractivity contribution < 1.29 is 10.3 Å². The van der Waals surface area contributed by atoms with E-state index in [1.807, 2.05) is 2.73 Å². The molecule has 0 aromatic rings. The van der Waals surface area contributed by atoms with Crippen LogP contribution in [-0.2, 0) is 0 Å². The van der Waals surface area contributed by atoms with Crippen LogP contribution < -0.4 is 5.73 Å². The Morgan fingerprint density at radius 2 is 2.00 bits per heavy atom. The molecule has 0 radical (unpaired) electrons. The van der Waals surface area contributed by atoms with Gasteiger partial charge in [-0.05, 0) is 0 Å². The second-order valence-corrected chi connectivity index (χ2v) is 6.63. The molecule has 0 aromatic carbocycles. The largest absolute Gasteiger partial charge is 0.328 e. The van der Waals surface area contributed by atoms with Crippen molar-refractivity contribution in [1.82, 2.24) is 2.73 Å². The van der Waals surface area contributed by atoms with Crippen molar-refractivity contribution in [2.24, 2.45) is 9.64 Å². The molecule has 0 amide bonds. The minimum Gasteiger partial charge on any atom is -0.328 e. The Labute approximate surface area is 89.7 Å². The Bertz CT molecular complexity index is 144. The van der Waals surface area contributed by atoms with Crippen molar-refractivity contribution >= 4 is 57.2 Å². The Kier molecular flexibility index (Phi) is 10.3. The summed E-state index contributed by atoms with van der Waals surface area (Å²) in [5.74, 6) is 0.639. The summed E-state index contributed by atoms with van der Waals surface area (Å²) >= 11 is 4.25. The van der Waals surface area contributed by atoms with E-state index >= 15 is 0 Å². The summed E-state index contributed by atoms with van der Waals surface area (Å²) in [5.41, 5.74) is 5.34. The van der Waals surface area contributed by atoms with Crippen LogP contribution in [0.15, 0.2) is 3.91 Å². The Hall–Kier alpha value is 0.145. The van der Waals surface area contributed by atoms with E-state index < -0.39 is 5.09 Å². The molecular formula is CH9As3N4O3. The third-order valence-electron chi connectivity index (χ3n) is 0.397. The van der Waals surface area contributed by atoms with E-state index in [0.29, 0.717) is 5.96 Å². The maximum atomic E-state index is 8.36. The number of nitrogens with zero attached hydrogens (tertiary/aromatic N) is 3. The van der Waals surface area contributed by atoms with Crippen molar-refractivity contribution in [1.29, 1.82) is 0 Å². The van der Waals surface area contributed by atoms with Crippen molar-refractivity contribution in [3.8, 4) is 0 Å². The summed E-state index contributed by atoms with van der Waals surface area (Å²) in [7, 11) is 0. The summed E-state index contributed by atoms with van der Waals surface area (Å²) < 4.78 is 5.69. The van der Waals surface area contributed by atoms with Gasteiger partial charge in [-0.15, -0.1) is 10.1 Å². The first kappa shape index (κ1) is 13.7. The van der Waals surface area contributed by atoms with Crippen LogP contribution in [0.5, 0.6) is 0 Å². The summed E-state index contributed by atoms with van der Waals surface area (Å²) in [6.45, 7) is 0. The maximum Gasteiger partial charge on any atom is 0.291 e. The van der Waals surface area contributed by atoms with E-state index in [0.717, 1.165) is 0 Å². The fourth-order valence-electron chi connectivity index (χ4n) is 0.0667. The van der Waals surface area contributed by atoms with Crippen LogP contribution in [0.25, 0.3) is 0 Å². The second kappa shape index (κ2) is 8.24. The monoisotopic (exact) mass is 350 g/mol. The van der Waals surface area contributed by atoms with E-state index in [1.54, 1.807) is 0 Å². The molecule has 3 unspecified atom stereocenters. The van der Waals surface area contributed by atoms with Gasteiger partial charge in [0.05, 0.1) is 0 Å². The van der Waals surface area contributed by atoms with E-state index in [1.165, 1.54) is 51.2 Å². The summed E-state index contributed by atoms with van der Waals surface area (Å²) in [4.78, 5) is 8.36. The topological polar surface area (TPSA) is 105 Å². The molecule has 0 aromatic heterocycles. The zero-order valence-electron chi connectivity index (χ0n) is 5.41. The van der Waals surface area contributed by atoms with Crippen LogP contribution in [0.3, 0.4) is 0 Å². The van der Waals surface area contributed by atoms with Crippen LogP contribution in [0, 0.1) is 10.1 Å². The minimum atomic E-state index is -1.50. The van der Waals surface area contributed by atoms with Crippen molar-refractivity contribution in [3.05, 3.63) is 10.1 Å². The summed E-state index contributed by atoms with van der Waals surface area (Å²) in [6.07, 6.45) is 0. The SMILES string of the molecule is N/C(=N\[AsH2])N([AsH2])[AsH2].O=[N+]([O-])O. The molecule has 0 spiro atoms. The predicted octanol–water partition coefficient (Wildman–Crippen LogP) is -4.10. The Morgan fingerprint density at radius 3 is 2.00 bits per heavy atom. The van der Waals surface area contributed by atoms with Gasteiger partial charge in [0, 0.05) is 0 Å². The molecule has 3 atom stereocenters. The number of nitrogens with two attached hydrogens (primary N) is 1. The van der Waals surface area contributed by atoms with Gasteiger partial charge < -0.3 is 5.21 Å². The maximum absolute atomic E-state index is 8.36. The van der Waals surface area contributed by atoms with Gasteiger partial charge >= 0.3 is 69.6 Å². The van der Waals surface area contributed by atoms with Crippen LogP contribution in [0.4, 0.5) is 0 Å². The number of hydrogen-bond acceptors (Lipinski definition) is 3. The van der Waals surface area contributed by atoms with Crippen LogP contribution in [-0.4, -0.2) is 70.2 Å². The zero-order valence-corrected chi connectivity index (χ0v) is 12.7. The zero-order chi connectivity index (χ0) is 9.44. The van der Waals surface area contributed by atoms with Gasteiger partial charge in [-0.3, -0.25) is 0 Å². The van der Waals surface area contributed by atoms with E-state index in [9.17, 15) is 0 Å². The second-order valence-electron chi connectivity index (χ2n) is 1.13. The molecule has 7 nitrogen and oxygen atoms in total. The molecule has 10 heteroatoms. The number of hydrogen-bond donors (Lipinski definition) is 2. The fourth-order valence-corrected chi connectivity index (χ4v) is 1.80. The third-order valence-corrected chi connectivity index (χ3v) is 2.06. The van der Waals surface area contributed by atoms with E-state index in [-0.39, 0.29) is 0 Å². The molecular weight excluding hydrogens is 341 g/mol. The van der Waals surface area contributed by atoms with Crippen molar-refractivity contribution in [2.75, 3.05) is 0 Å². The van der Waals surface area contributed by atoms with Crippen molar-refractivity contribution in [3.63, 3.8) is 0 Å². The fraction of sp³-hybridized carbons (Fsp3) is 0. The minimum absolute atomic E-state index is 0.639. The van der Waals surface area contributed by atoms with Gasteiger partial charge in [0.25, 0.3) is 5.09 Å². The van der Waals surface area contributed by atoms with Crippen LogP contribution >= 0.6 is 0 Å². The summed E-state index contributed by atoms with van der Waals surface area (Å²) in [6, 6.07) is 0. The molecule has 66 valence electrons. The first-order chi connectivity index (χ1) is 4.91. The van der Waals surface area contributed by atoms with Crippen molar-refractivity contribution in [2.45, 2.75) is 0 Å². The third kappa shape index (κ3) is 17.8. The smallest absolute Gasteiger partial charge is 0.291 e. The first-order valence-electron chi connectivity index (χ1n) is 2.08. The predicted molar refractivity (Wildman–Crippen MR) is 47.9 cm³/mol. The molecule has 0 saturated carbocycles. The Morgan fingerprint density at radius 1 is 1.73 bits per heavy atom. The molecule has 0 bridgehead atoms. The first-order valence-corrected chi connectivity index (χ1v) is 5.33. The number of guanidine groups is 1. The van der Waals surface area contributed by atoms with Gasteiger partial charge in [0.2, 0.25) is 0 Å². The normalized spacial score (nSPS) is 9.55. The molecule has 3 N–H and O–H groups in total. The number of rotatable bonds is 0. The molecule has 0 aliphatic carbocycles. The quantitative estimate of drug-likeness (QED) is 0.152. The van der Waals surface area contributed by atoms with Gasteiger partial charge in [-0.2, -0.15) is 0 Å². The average Bonchev–Trinajstić information content (AvgIpc) is 1.85. The average molecular weight is 350 g/mol. The molecule has 0 heterocycles. The van der Waals surface area contributed by atoms with E-state index in [4.69, 9.17) is 21.1 Å². The molecule has 0 fully saturated rings. The molecule has 0 rings (SSSR count). The standard InChI is InChI=1S/CH8As3N3.HNO3/c2-6-1(5)7(3)4;2-1(3)4/h2-4H2,(H2,5,6);(H,2,3,4). The Balaban J connectivity index is 0. The van der Waals surface area contributed by atoms with Crippen LogP contribution in [0.2, 0.25) is 0 Å². The summed E-state index contributed by atoms with van der Waals surface area (Å²) in [5, 5.41) is 13.6. The van der Waals surface area contributed by atoms with E-state index in [2.05, 4.69) is 3.91 Å². The molecule has 0 saturated heterocycles. The molecule has 0 aliphatic heterocycles.